The first-order valence-electron chi connectivity index (χ1n) is 7.39. The van der Waals surface area contributed by atoms with E-state index in [0.717, 1.165) is 18.6 Å². The topological polar surface area (TPSA) is 40.6 Å². The van der Waals surface area contributed by atoms with Crippen LogP contribution >= 0.6 is 23.1 Å². The molecule has 2 aliphatic rings. The predicted octanol–water partition coefficient (Wildman–Crippen LogP) is 2.55. The van der Waals surface area contributed by atoms with Gasteiger partial charge in [-0.05, 0) is 35.2 Å². The molecule has 21 heavy (non-hydrogen) atoms. The molecule has 2 amide bonds. The molecule has 1 aliphatic carbocycles. The molecule has 2 heterocycles. The van der Waals surface area contributed by atoms with Gasteiger partial charge >= 0.3 is 0 Å². The fraction of sp³-hybridized carbons (Fsp3) is 0.600. The van der Waals surface area contributed by atoms with Gasteiger partial charge in [0.05, 0.1) is 5.88 Å². The Bertz CT molecular complexity index is 514. The van der Waals surface area contributed by atoms with Gasteiger partial charge in [0.15, 0.2) is 0 Å². The molecule has 0 aromatic carbocycles. The first-order valence-corrected chi connectivity index (χ1v) is 9.49. The fourth-order valence-corrected chi connectivity index (χ4v) is 4.47. The van der Waals surface area contributed by atoms with E-state index in [1.54, 1.807) is 28.0 Å². The van der Waals surface area contributed by atoms with Crippen LogP contribution in [0, 0.1) is 0 Å². The zero-order chi connectivity index (χ0) is 14.8. The van der Waals surface area contributed by atoms with Crippen LogP contribution in [0.25, 0.3) is 0 Å². The van der Waals surface area contributed by atoms with Crippen LogP contribution in [0.2, 0.25) is 0 Å². The third-order valence-electron chi connectivity index (χ3n) is 3.99. The highest BCUT2D eigenvalue weighted by Crippen LogP contribution is 2.32. The lowest BCUT2D eigenvalue weighted by Gasteiger charge is -2.29. The number of thioether (sulfide) groups is 1. The number of hydrogen-bond acceptors (Lipinski definition) is 4. The summed E-state index contributed by atoms with van der Waals surface area (Å²) in [6.07, 6.45) is 2.66. The Hall–Kier alpha value is -1.01. The maximum atomic E-state index is 12.9. The van der Waals surface area contributed by atoms with Gasteiger partial charge in [0, 0.05) is 24.8 Å². The smallest absolute Gasteiger partial charge is 0.246 e. The minimum absolute atomic E-state index is 0.0876. The van der Waals surface area contributed by atoms with Crippen molar-refractivity contribution in [3.63, 3.8) is 0 Å². The molecule has 114 valence electrons. The average Bonchev–Trinajstić information content (AvgIpc) is 3.02. The molecule has 3 rings (SSSR count). The van der Waals surface area contributed by atoms with Crippen molar-refractivity contribution in [3.05, 3.63) is 22.4 Å². The van der Waals surface area contributed by atoms with Crippen LogP contribution in [0.5, 0.6) is 0 Å². The van der Waals surface area contributed by atoms with Crippen LogP contribution in [0.1, 0.15) is 31.7 Å². The van der Waals surface area contributed by atoms with Gasteiger partial charge in [-0.2, -0.15) is 11.3 Å². The van der Waals surface area contributed by atoms with Gasteiger partial charge in [-0.3, -0.25) is 9.59 Å². The van der Waals surface area contributed by atoms with Gasteiger partial charge in [0.2, 0.25) is 11.8 Å². The van der Waals surface area contributed by atoms with E-state index in [9.17, 15) is 9.59 Å². The molecule has 1 saturated carbocycles. The second kappa shape index (κ2) is 6.40. The van der Waals surface area contributed by atoms with Gasteiger partial charge in [0.25, 0.3) is 0 Å². The van der Waals surface area contributed by atoms with Crippen LogP contribution in [0.4, 0.5) is 0 Å². The number of carbonyl (C=O) groups excluding carboxylic acids is 2. The predicted molar refractivity (Wildman–Crippen MR) is 86.1 cm³/mol. The van der Waals surface area contributed by atoms with Crippen molar-refractivity contribution in [2.75, 3.05) is 11.6 Å². The molecule has 1 aromatic heterocycles. The minimum atomic E-state index is -0.262. The first-order chi connectivity index (χ1) is 10.2. The van der Waals surface area contributed by atoms with E-state index >= 15 is 0 Å². The summed E-state index contributed by atoms with van der Waals surface area (Å²) in [4.78, 5) is 28.7. The van der Waals surface area contributed by atoms with E-state index in [1.807, 2.05) is 17.2 Å². The van der Waals surface area contributed by atoms with Gasteiger partial charge in [-0.25, -0.2) is 0 Å². The van der Waals surface area contributed by atoms with E-state index in [-0.39, 0.29) is 17.9 Å². The van der Waals surface area contributed by atoms with Crippen molar-refractivity contribution >= 4 is 34.9 Å². The van der Waals surface area contributed by atoms with Crippen molar-refractivity contribution in [1.29, 1.82) is 0 Å². The monoisotopic (exact) mass is 324 g/mol. The molecule has 6 heteroatoms. The Balaban J connectivity index is 1.73. The molecule has 0 bridgehead atoms. The Morgan fingerprint density at radius 2 is 2.24 bits per heavy atom. The third kappa shape index (κ3) is 3.26. The summed E-state index contributed by atoms with van der Waals surface area (Å²) >= 11 is 3.34. The van der Waals surface area contributed by atoms with E-state index in [1.165, 1.54) is 5.56 Å². The molecule has 0 radical (unpaired) electrons. The average molecular weight is 324 g/mol. The minimum Gasteiger partial charge on any atom is -0.334 e. The zero-order valence-electron chi connectivity index (χ0n) is 12.2. The van der Waals surface area contributed by atoms with Crippen LogP contribution in [0.15, 0.2) is 16.8 Å². The lowest BCUT2D eigenvalue weighted by Crippen LogP contribution is -2.49. The Morgan fingerprint density at radius 1 is 1.43 bits per heavy atom. The second-order valence-corrected chi connectivity index (χ2v) is 7.34. The van der Waals surface area contributed by atoms with Crippen molar-refractivity contribution in [1.82, 2.24) is 9.80 Å². The van der Waals surface area contributed by atoms with Gasteiger partial charge in [-0.1, -0.05) is 6.92 Å². The van der Waals surface area contributed by atoms with Crippen molar-refractivity contribution < 1.29 is 9.59 Å². The highest BCUT2D eigenvalue weighted by atomic mass is 32.2. The van der Waals surface area contributed by atoms with Crippen LogP contribution < -0.4 is 0 Å². The normalized spacial score (nSPS) is 21.6. The summed E-state index contributed by atoms with van der Waals surface area (Å²) in [7, 11) is 0. The number of amides is 2. The molecule has 2 fully saturated rings. The number of carbonyl (C=O) groups is 2. The lowest BCUT2D eigenvalue weighted by atomic mass is 10.2. The molecular weight excluding hydrogens is 304 g/mol. The first kappa shape index (κ1) is 14.9. The maximum Gasteiger partial charge on any atom is 0.246 e. The number of thiophene rings is 1. The molecule has 1 aliphatic heterocycles. The second-order valence-electron chi connectivity index (χ2n) is 5.56. The van der Waals surface area contributed by atoms with Gasteiger partial charge < -0.3 is 9.80 Å². The number of hydrogen-bond donors (Lipinski definition) is 0. The van der Waals surface area contributed by atoms with E-state index < -0.39 is 0 Å². The van der Waals surface area contributed by atoms with E-state index in [2.05, 4.69) is 11.4 Å². The highest BCUT2D eigenvalue weighted by molar-refractivity contribution is 7.99. The van der Waals surface area contributed by atoms with E-state index in [0.29, 0.717) is 24.9 Å². The van der Waals surface area contributed by atoms with Crippen molar-refractivity contribution in [3.8, 4) is 0 Å². The summed E-state index contributed by atoms with van der Waals surface area (Å²) in [5.41, 5.74) is 1.19. The quantitative estimate of drug-likeness (QED) is 0.836. The Labute approximate surface area is 133 Å². The molecule has 1 aromatic rings. The molecule has 4 nitrogen and oxygen atoms in total. The number of rotatable bonds is 5. The highest BCUT2D eigenvalue weighted by Gasteiger charge is 2.41. The van der Waals surface area contributed by atoms with E-state index in [4.69, 9.17) is 0 Å². The zero-order valence-corrected chi connectivity index (χ0v) is 13.8. The summed E-state index contributed by atoms with van der Waals surface area (Å²) in [6, 6.07) is 2.19. The maximum absolute atomic E-state index is 12.9. The Morgan fingerprint density at radius 3 is 2.86 bits per heavy atom. The standard InChI is InChI=1S/C15H20N2O2S2/c1-2-14(18)17-10-21-9-13(17)15(19)16(12-3-4-12)7-11-5-6-20-8-11/h5-6,8,12-13H,2-4,7,9-10H2,1H3/t13-/m0/s1. The largest absolute Gasteiger partial charge is 0.334 e. The summed E-state index contributed by atoms with van der Waals surface area (Å²) in [6.45, 7) is 2.54. The van der Waals surface area contributed by atoms with Crippen LogP contribution in [-0.4, -0.2) is 45.3 Å². The van der Waals surface area contributed by atoms with Gasteiger partial charge in [-0.15, -0.1) is 11.8 Å². The van der Waals surface area contributed by atoms with Crippen molar-refractivity contribution in [2.24, 2.45) is 0 Å². The van der Waals surface area contributed by atoms with Crippen LogP contribution in [-0.2, 0) is 16.1 Å². The molecule has 0 spiro atoms. The van der Waals surface area contributed by atoms with Crippen LogP contribution in [0.3, 0.4) is 0 Å². The SMILES string of the molecule is CCC(=O)N1CSC[C@H]1C(=O)N(Cc1ccsc1)C1CC1. The summed E-state index contributed by atoms with van der Waals surface area (Å²) in [5, 5.41) is 4.14. The summed E-state index contributed by atoms with van der Waals surface area (Å²) in [5.74, 6) is 1.61. The molecule has 1 atom stereocenters. The molecular formula is C15H20N2O2S2. The summed E-state index contributed by atoms with van der Waals surface area (Å²) < 4.78 is 0. The fourth-order valence-electron chi connectivity index (χ4n) is 2.64. The van der Waals surface area contributed by atoms with Gasteiger partial charge in [0.1, 0.15) is 6.04 Å². The lowest BCUT2D eigenvalue weighted by molar-refractivity contribution is -0.144. The molecule has 0 N–H and O–H groups in total. The number of nitrogens with zero attached hydrogens (tertiary/aromatic N) is 2. The third-order valence-corrected chi connectivity index (χ3v) is 5.74. The Kier molecular flexibility index (Phi) is 4.54. The molecule has 0 unspecified atom stereocenters. The van der Waals surface area contributed by atoms with Crippen molar-refractivity contribution in [2.45, 2.75) is 44.8 Å². The molecule has 1 saturated heterocycles.